The first kappa shape index (κ1) is 22.4. The van der Waals surface area contributed by atoms with Gasteiger partial charge in [-0.15, -0.1) is 0 Å². The zero-order valence-corrected chi connectivity index (χ0v) is 18.7. The predicted octanol–water partition coefficient (Wildman–Crippen LogP) is 0.912. The molecular weight excluding hydrogens is 428 g/mol. The fourth-order valence-corrected chi connectivity index (χ4v) is 4.85. The van der Waals surface area contributed by atoms with Gasteiger partial charge in [0, 0.05) is 31.8 Å². The van der Waals surface area contributed by atoms with Crippen LogP contribution in [-0.4, -0.2) is 93.0 Å². The summed E-state index contributed by atoms with van der Waals surface area (Å²) in [6.07, 6.45) is 5.32. The summed E-state index contributed by atoms with van der Waals surface area (Å²) in [5.74, 6) is -0.535. The van der Waals surface area contributed by atoms with Gasteiger partial charge in [0.05, 0.1) is 49.9 Å². The Balaban J connectivity index is 1.09. The van der Waals surface area contributed by atoms with E-state index in [1.807, 2.05) is 6.07 Å². The third-order valence-electron chi connectivity index (χ3n) is 6.65. The van der Waals surface area contributed by atoms with E-state index in [1.165, 1.54) is 0 Å². The number of hydrogen-bond acceptors (Lipinski definition) is 9. The lowest BCUT2D eigenvalue weighted by atomic mass is 10.1. The lowest BCUT2D eigenvalue weighted by Crippen LogP contribution is -2.38. The molecule has 3 aliphatic rings. The molecule has 3 fully saturated rings. The molecule has 33 heavy (non-hydrogen) atoms. The molecule has 0 spiro atoms. The first-order valence-electron chi connectivity index (χ1n) is 11.4. The molecule has 0 unspecified atom stereocenters. The summed E-state index contributed by atoms with van der Waals surface area (Å²) < 4.78 is 29.0. The summed E-state index contributed by atoms with van der Waals surface area (Å²) in [5.41, 5.74) is 7.33. The first-order valence-corrected chi connectivity index (χ1v) is 11.4. The van der Waals surface area contributed by atoms with E-state index >= 15 is 0 Å². The molecule has 4 atom stereocenters. The van der Waals surface area contributed by atoms with Crippen molar-refractivity contribution in [3.05, 3.63) is 30.2 Å². The number of ether oxygens (including phenoxy) is 5. The molecular formula is C23H30N4O6. The third-order valence-corrected chi connectivity index (χ3v) is 6.65. The summed E-state index contributed by atoms with van der Waals surface area (Å²) in [6.45, 7) is 3.75. The maximum atomic E-state index is 11.6. The monoisotopic (exact) mass is 458 g/mol. The van der Waals surface area contributed by atoms with Crippen molar-refractivity contribution < 1.29 is 28.5 Å². The minimum Gasteiger partial charge on any atom is -0.376 e. The number of carbonyl (C=O) groups excluding carboxylic acids is 1. The van der Waals surface area contributed by atoms with Gasteiger partial charge >= 0.3 is 0 Å². The Morgan fingerprint density at radius 1 is 1.09 bits per heavy atom. The fraction of sp³-hybridized carbons (Fsp3) is 0.609. The number of nitrogens with two attached hydrogens (primary N) is 1. The van der Waals surface area contributed by atoms with Gasteiger partial charge in [-0.1, -0.05) is 0 Å². The molecule has 0 saturated carbocycles. The summed E-state index contributed by atoms with van der Waals surface area (Å²) in [5, 5.41) is 0.884. The van der Waals surface area contributed by atoms with Crippen molar-refractivity contribution in [1.82, 2.24) is 9.97 Å². The normalized spacial score (nSPS) is 27.8. The molecule has 5 rings (SSSR count). The molecule has 2 N–H and O–H groups in total. The Labute approximate surface area is 192 Å². The van der Waals surface area contributed by atoms with E-state index in [4.69, 9.17) is 29.4 Å². The van der Waals surface area contributed by atoms with Crippen molar-refractivity contribution in [2.75, 3.05) is 51.5 Å². The van der Waals surface area contributed by atoms with Crippen LogP contribution in [0, 0.1) is 0 Å². The van der Waals surface area contributed by atoms with Crippen LogP contribution in [0.25, 0.3) is 10.9 Å². The Morgan fingerprint density at radius 3 is 2.58 bits per heavy atom. The maximum Gasteiger partial charge on any atom is 0.267 e. The van der Waals surface area contributed by atoms with Gasteiger partial charge in [0.2, 0.25) is 0 Å². The average Bonchev–Trinajstić information content (AvgIpc) is 3.44. The number of hydrogen-bond donors (Lipinski definition) is 1. The highest BCUT2D eigenvalue weighted by Crippen LogP contribution is 2.30. The van der Waals surface area contributed by atoms with Gasteiger partial charge in [0.15, 0.2) is 0 Å². The molecule has 1 amide bonds. The topological polar surface area (TPSA) is 118 Å². The van der Waals surface area contributed by atoms with Crippen LogP contribution in [-0.2, 0) is 23.7 Å². The highest BCUT2D eigenvalue weighted by atomic mass is 16.6. The van der Waals surface area contributed by atoms with E-state index in [0.717, 1.165) is 42.5 Å². The average molecular weight is 459 g/mol. The van der Waals surface area contributed by atoms with Crippen LogP contribution in [0.2, 0.25) is 0 Å². The van der Waals surface area contributed by atoms with Crippen molar-refractivity contribution >= 4 is 22.5 Å². The van der Waals surface area contributed by atoms with Crippen LogP contribution < -0.4 is 10.6 Å². The molecule has 10 heteroatoms. The predicted molar refractivity (Wildman–Crippen MR) is 119 cm³/mol. The lowest BCUT2D eigenvalue weighted by Gasteiger charge is -2.33. The molecule has 0 aromatic carbocycles. The Kier molecular flexibility index (Phi) is 6.70. The number of methoxy groups -OCH3 is 1. The smallest absolute Gasteiger partial charge is 0.267 e. The minimum atomic E-state index is -0.535. The number of carbonyl (C=O) groups is 1. The minimum absolute atomic E-state index is 0.0143. The van der Waals surface area contributed by atoms with E-state index in [2.05, 4.69) is 14.9 Å². The number of rotatable bonds is 8. The van der Waals surface area contributed by atoms with Gasteiger partial charge in [-0.05, 0) is 25.0 Å². The van der Waals surface area contributed by atoms with Crippen LogP contribution in [0.15, 0.2) is 24.5 Å². The molecule has 3 aliphatic heterocycles. The molecule has 178 valence electrons. The van der Waals surface area contributed by atoms with Crippen LogP contribution in [0.5, 0.6) is 0 Å². The Hall–Kier alpha value is -2.37. The van der Waals surface area contributed by atoms with Gasteiger partial charge < -0.3 is 34.3 Å². The molecule has 0 bridgehead atoms. The highest BCUT2D eigenvalue weighted by Gasteiger charge is 2.48. The molecule has 3 saturated heterocycles. The highest BCUT2D eigenvalue weighted by molar-refractivity contribution is 5.96. The summed E-state index contributed by atoms with van der Waals surface area (Å²) >= 11 is 0. The second kappa shape index (κ2) is 9.86. The van der Waals surface area contributed by atoms with Crippen molar-refractivity contribution in [3.8, 4) is 0 Å². The molecule has 0 aliphatic carbocycles. The van der Waals surface area contributed by atoms with Gasteiger partial charge in [0.25, 0.3) is 5.91 Å². The third kappa shape index (κ3) is 4.67. The van der Waals surface area contributed by atoms with Crippen molar-refractivity contribution in [2.24, 2.45) is 5.73 Å². The van der Waals surface area contributed by atoms with Gasteiger partial charge in [0.1, 0.15) is 30.1 Å². The van der Waals surface area contributed by atoms with Crippen LogP contribution in [0.1, 0.15) is 23.3 Å². The van der Waals surface area contributed by atoms with E-state index in [9.17, 15) is 4.79 Å². The van der Waals surface area contributed by atoms with Crippen molar-refractivity contribution in [1.29, 1.82) is 0 Å². The number of piperidine rings is 1. The number of amides is 1. The number of fused-ring (bicyclic) bond motifs is 2. The van der Waals surface area contributed by atoms with E-state index in [1.54, 1.807) is 25.6 Å². The van der Waals surface area contributed by atoms with Gasteiger partial charge in [-0.25, -0.2) is 4.98 Å². The van der Waals surface area contributed by atoms with E-state index in [0.29, 0.717) is 26.4 Å². The second-order valence-corrected chi connectivity index (χ2v) is 8.63. The van der Waals surface area contributed by atoms with Crippen molar-refractivity contribution in [3.63, 3.8) is 0 Å². The molecule has 2 aromatic heterocycles. The summed E-state index contributed by atoms with van der Waals surface area (Å²) in [7, 11) is 1.68. The maximum absolute atomic E-state index is 11.6. The second-order valence-electron chi connectivity index (χ2n) is 8.63. The largest absolute Gasteiger partial charge is 0.376 e. The summed E-state index contributed by atoms with van der Waals surface area (Å²) in [4.78, 5) is 22.6. The van der Waals surface area contributed by atoms with Crippen LogP contribution in [0.3, 0.4) is 0 Å². The molecule has 2 aromatic rings. The Morgan fingerprint density at radius 2 is 1.82 bits per heavy atom. The molecule has 0 radical (unpaired) electrons. The fourth-order valence-electron chi connectivity index (χ4n) is 4.85. The number of aromatic nitrogens is 2. The number of anilines is 1. The zero-order valence-electron chi connectivity index (χ0n) is 18.7. The summed E-state index contributed by atoms with van der Waals surface area (Å²) in [6, 6.07) is 3.46. The standard InChI is InChI=1S/C23H30N4O6/c1-29-18-12-32-22-19(13-33-21(18)22)31-9-8-30-15-4-6-27(7-5-15)17-11-25-10-14-2-3-16(23(24)28)26-20(14)17/h2-3,10-11,15,18-19,21-22H,4-9,12-13H2,1H3,(H2,24,28)/t18-,19-,21-,22-/m1/s1. The zero-order chi connectivity index (χ0) is 22.8. The number of nitrogens with zero attached hydrogens (tertiary/aromatic N) is 3. The SMILES string of the molecule is CO[C@@H]1CO[C@H]2[C@@H]1OC[C@H]2OCCOC1CCN(c2cncc3ccc(C(N)=O)nc23)CC1. The van der Waals surface area contributed by atoms with Crippen LogP contribution >= 0.6 is 0 Å². The van der Waals surface area contributed by atoms with E-state index in [-0.39, 0.29) is 36.2 Å². The quantitative estimate of drug-likeness (QED) is 0.576. The van der Waals surface area contributed by atoms with Crippen molar-refractivity contribution in [2.45, 2.75) is 43.4 Å². The van der Waals surface area contributed by atoms with Gasteiger partial charge in [-0.3, -0.25) is 9.78 Å². The molecule has 10 nitrogen and oxygen atoms in total. The first-order chi connectivity index (χ1) is 16.1. The number of pyridine rings is 2. The van der Waals surface area contributed by atoms with E-state index < -0.39 is 5.91 Å². The Bertz CT molecular complexity index is 983. The number of primary amides is 1. The molecule has 5 heterocycles. The van der Waals surface area contributed by atoms with Gasteiger partial charge in [-0.2, -0.15) is 0 Å². The van der Waals surface area contributed by atoms with Crippen LogP contribution in [0.4, 0.5) is 5.69 Å². The lowest BCUT2D eigenvalue weighted by molar-refractivity contribution is -0.0670.